The Bertz CT molecular complexity index is 830. The van der Waals surface area contributed by atoms with Crippen LogP contribution < -0.4 is 20.7 Å². The first-order valence-electron chi connectivity index (χ1n) is 8.58. The number of aryl methyl sites for hydroxylation is 4. The van der Waals surface area contributed by atoms with Crippen molar-refractivity contribution in [1.82, 2.24) is 0 Å². The Morgan fingerprint density at radius 1 is 0.640 bits per heavy atom. The molecule has 0 atom stereocenters. The van der Waals surface area contributed by atoms with E-state index in [9.17, 15) is 0 Å². The van der Waals surface area contributed by atoms with Crippen LogP contribution in [-0.4, -0.2) is 7.11 Å². The molecular weight excluding hydrogens is 323 g/mol. The van der Waals surface area contributed by atoms with Gasteiger partial charge in [-0.2, -0.15) is 0 Å². The van der Waals surface area contributed by atoms with Gasteiger partial charge in [0.15, 0.2) is 0 Å². The van der Waals surface area contributed by atoms with Crippen LogP contribution in [0.25, 0.3) is 0 Å². The lowest BCUT2D eigenvalue weighted by Crippen LogP contribution is -2.24. The molecule has 0 fully saturated rings. The second kappa shape index (κ2) is 7.42. The molecule has 0 unspecified atom stereocenters. The lowest BCUT2D eigenvalue weighted by Gasteiger charge is -2.23. The number of hydrogen-bond donors (Lipinski definition) is 0. The molecule has 0 aliphatic rings. The predicted octanol–water partition coefficient (Wildman–Crippen LogP) is 4.69. The van der Waals surface area contributed by atoms with E-state index >= 15 is 0 Å². The third kappa shape index (κ3) is 3.78. The Morgan fingerprint density at radius 3 is 1.52 bits per heavy atom. The molecule has 2 heteroatoms. The minimum absolute atomic E-state index is 0.585. The number of methoxy groups -OCH3 is 1. The summed E-state index contributed by atoms with van der Waals surface area (Å²) in [6.07, 6.45) is 0. The molecule has 128 valence electrons. The van der Waals surface area contributed by atoms with Crippen LogP contribution in [-0.2, 0) is 0 Å². The van der Waals surface area contributed by atoms with Crippen LogP contribution >= 0.6 is 7.92 Å². The van der Waals surface area contributed by atoms with Gasteiger partial charge in [0.1, 0.15) is 5.75 Å². The molecule has 0 spiro atoms. The second-order valence-corrected chi connectivity index (χ2v) is 8.76. The molecule has 25 heavy (non-hydrogen) atoms. The Kier molecular flexibility index (Phi) is 5.25. The Morgan fingerprint density at radius 2 is 1.12 bits per heavy atom. The maximum atomic E-state index is 5.35. The van der Waals surface area contributed by atoms with Gasteiger partial charge in [0.25, 0.3) is 0 Å². The third-order valence-electron chi connectivity index (χ3n) is 4.52. The van der Waals surface area contributed by atoms with Crippen LogP contribution in [0.5, 0.6) is 5.75 Å². The monoisotopic (exact) mass is 348 g/mol. The lowest BCUT2D eigenvalue weighted by atomic mass is 10.1. The molecule has 0 saturated carbocycles. The van der Waals surface area contributed by atoms with Crippen molar-refractivity contribution in [2.75, 3.05) is 7.11 Å². The molecule has 0 heterocycles. The molecule has 3 aromatic carbocycles. The first-order valence-corrected chi connectivity index (χ1v) is 9.92. The second-order valence-electron chi connectivity index (χ2n) is 6.61. The fourth-order valence-corrected chi connectivity index (χ4v) is 5.80. The average molecular weight is 348 g/mol. The molecular formula is C23H25OP. The Labute approximate surface area is 152 Å². The van der Waals surface area contributed by atoms with E-state index in [1.54, 1.807) is 7.11 Å². The van der Waals surface area contributed by atoms with Crippen LogP contribution in [0.2, 0.25) is 0 Å². The SMILES string of the molecule is COc1ccc(P(c2ccc(C)cc2C)c2ccc(C)cc2C)cc1. The van der Waals surface area contributed by atoms with Crippen LogP contribution in [0.1, 0.15) is 22.3 Å². The molecule has 0 radical (unpaired) electrons. The zero-order chi connectivity index (χ0) is 18.0. The number of hydrogen-bond acceptors (Lipinski definition) is 1. The van der Waals surface area contributed by atoms with Crippen molar-refractivity contribution in [2.45, 2.75) is 27.7 Å². The zero-order valence-electron chi connectivity index (χ0n) is 15.6. The van der Waals surface area contributed by atoms with Crippen LogP contribution in [0.4, 0.5) is 0 Å². The summed E-state index contributed by atoms with van der Waals surface area (Å²) in [6.45, 7) is 8.77. The molecule has 0 aliphatic heterocycles. The summed E-state index contributed by atoms with van der Waals surface area (Å²) in [5.74, 6) is 0.903. The van der Waals surface area contributed by atoms with Gasteiger partial charge in [-0.05, 0) is 74.8 Å². The quantitative estimate of drug-likeness (QED) is 0.622. The highest BCUT2D eigenvalue weighted by Crippen LogP contribution is 2.36. The fourth-order valence-electron chi connectivity index (χ4n) is 3.25. The van der Waals surface area contributed by atoms with Gasteiger partial charge in [0.2, 0.25) is 0 Å². The van der Waals surface area contributed by atoms with Gasteiger partial charge < -0.3 is 4.74 Å². The predicted molar refractivity (Wildman–Crippen MR) is 111 cm³/mol. The molecule has 0 N–H and O–H groups in total. The van der Waals surface area contributed by atoms with E-state index < -0.39 is 7.92 Å². The van der Waals surface area contributed by atoms with Crippen molar-refractivity contribution in [3.63, 3.8) is 0 Å². The first-order chi connectivity index (χ1) is 12.0. The molecule has 0 saturated heterocycles. The highest BCUT2D eigenvalue weighted by molar-refractivity contribution is 7.80. The topological polar surface area (TPSA) is 9.23 Å². The van der Waals surface area contributed by atoms with Crippen LogP contribution in [0.3, 0.4) is 0 Å². The van der Waals surface area contributed by atoms with Crippen LogP contribution in [0.15, 0.2) is 60.7 Å². The van der Waals surface area contributed by atoms with Gasteiger partial charge in [-0.3, -0.25) is 0 Å². The largest absolute Gasteiger partial charge is 0.497 e. The summed E-state index contributed by atoms with van der Waals surface area (Å²) >= 11 is 0. The highest BCUT2D eigenvalue weighted by atomic mass is 31.1. The summed E-state index contributed by atoms with van der Waals surface area (Å²) < 4.78 is 5.35. The lowest BCUT2D eigenvalue weighted by molar-refractivity contribution is 0.415. The van der Waals surface area contributed by atoms with Gasteiger partial charge >= 0.3 is 0 Å². The van der Waals surface area contributed by atoms with E-state index in [1.807, 2.05) is 0 Å². The maximum absolute atomic E-state index is 5.35. The van der Waals surface area contributed by atoms with E-state index in [4.69, 9.17) is 4.74 Å². The zero-order valence-corrected chi connectivity index (χ0v) is 16.5. The number of rotatable bonds is 4. The fraction of sp³-hybridized carbons (Fsp3) is 0.217. The molecule has 1 nitrogen and oxygen atoms in total. The summed E-state index contributed by atoms with van der Waals surface area (Å²) in [5.41, 5.74) is 5.35. The van der Waals surface area contributed by atoms with Gasteiger partial charge in [-0.15, -0.1) is 0 Å². The van der Waals surface area contributed by atoms with E-state index in [0.717, 1.165) is 5.75 Å². The number of ether oxygens (including phenoxy) is 1. The summed E-state index contributed by atoms with van der Waals surface area (Å²) in [4.78, 5) is 0. The average Bonchev–Trinajstić information content (AvgIpc) is 2.59. The van der Waals surface area contributed by atoms with Crippen molar-refractivity contribution in [2.24, 2.45) is 0 Å². The molecule has 0 amide bonds. The van der Waals surface area contributed by atoms with Gasteiger partial charge in [-0.25, -0.2) is 0 Å². The summed E-state index contributed by atoms with van der Waals surface area (Å²) in [7, 11) is 1.13. The van der Waals surface area contributed by atoms with Crippen molar-refractivity contribution in [1.29, 1.82) is 0 Å². The highest BCUT2D eigenvalue weighted by Gasteiger charge is 2.20. The van der Waals surface area contributed by atoms with Crippen molar-refractivity contribution >= 4 is 23.8 Å². The molecule has 3 rings (SSSR count). The van der Waals surface area contributed by atoms with E-state index in [0.29, 0.717) is 0 Å². The summed E-state index contributed by atoms with van der Waals surface area (Å²) in [6, 6.07) is 22.2. The first kappa shape index (κ1) is 17.7. The Hall–Kier alpha value is -2.11. The van der Waals surface area contributed by atoms with E-state index in [-0.39, 0.29) is 0 Å². The van der Waals surface area contributed by atoms with Gasteiger partial charge in [0, 0.05) is 0 Å². The molecule has 0 aliphatic carbocycles. The normalized spacial score (nSPS) is 11.0. The smallest absolute Gasteiger partial charge is 0.118 e. The third-order valence-corrected chi connectivity index (χ3v) is 7.30. The van der Waals surface area contributed by atoms with Crippen molar-refractivity contribution in [3.8, 4) is 5.75 Å². The maximum Gasteiger partial charge on any atom is 0.118 e. The van der Waals surface area contributed by atoms with Gasteiger partial charge in [-0.1, -0.05) is 59.7 Å². The van der Waals surface area contributed by atoms with Crippen molar-refractivity contribution in [3.05, 3.63) is 82.9 Å². The standard InChI is InChI=1S/C23H25OP/c1-16-6-12-22(18(3)14-16)25(21-10-8-20(24-5)9-11-21)23-13-7-17(2)15-19(23)4/h6-15H,1-5H3. The minimum atomic E-state index is -0.585. The molecule has 0 bridgehead atoms. The van der Waals surface area contributed by atoms with E-state index in [1.165, 1.54) is 38.2 Å². The van der Waals surface area contributed by atoms with Gasteiger partial charge in [0.05, 0.1) is 7.11 Å². The van der Waals surface area contributed by atoms with Crippen molar-refractivity contribution < 1.29 is 4.74 Å². The molecule has 3 aromatic rings. The van der Waals surface area contributed by atoms with Crippen LogP contribution in [0, 0.1) is 27.7 Å². The summed E-state index contributed by atoms with van der Waals surface area (Å²) in [5, 5.41) is 4.21. The Balaban J connectivity index is 2.19. The minimum Gasteiger partial charge on any atom is -0.497 e. The number of benzene rings is 3. The van der Waals surface area contributed by atoms with E-state index in [2.05, 4.69) is 88.4 Å². The molecule has 0 aromatic heterocycles.